The van der Waals surface area contributed by atoms with Crippen molar-refractivity contribution in [3.63, 3.8) is 0 Å². The summed E-state index contributed by atoms with van der Waals surface area (Å²) in [6, 6.07) is 3.61. The summed E-state index contributed by atoms with van der Waals surface area (Å²) in [6.45, 7) is 0.653. The molecule has 2 aromatic heterocycles. The zero-order chi connectivity index (χ0) is 9.80. The Morgan fingerprint density at radius 2 is 2.36 bits per heavy atom. The largest absolute Gasteiger partial charge is 0.378 e. The third-order valence-corrected chi connectivity index (χ3v) is 2.38. The summed E-state index contributed by atoms with van der Waals surface area (Å²) in [5.74, 6) is 0. The highest BCUT2D eigenvalue weighted by Gasteiger charge is 1.96. The maximum absolute atomic E-state index is 5.65. The van der Waals surface area contributed by atoms with Gasteiger partial charge in [-0.05, 0) is 23.7 Å². The minimum absolute atomic E-state index is 0.492. The molecule has 0 bridgehead atoms. The predicted molar refractivity (Wildman–Crippen MR) is 56.5 cm³/mol. The maximum atomic E-state index is 5.65. The molecule has 0 amide bonds. The molecule has 1 N–H and O–H groups in total. The normalized spacial score (nSPS) is 10.1. The van der Waals surface area contributed by atoms with Crippen LogP contribution in [0.2, 0.25) is 5.15 Å². The fourth-order valence-corrected chi connectivity index (χ4v) is 1.50. The minimum atomic E-state index is 0.492. The van der Waals surface area contributed by atoms with E-state index in [1.807, 2.05) is 11.4 Å². The molecular formula is C8H7ClN4S. The SMILES string of the molecule is Clc1ccc(NCc2csnn2)cn1. The molecule has 0 saturated heterocycles. The molecule has 0 aliphatic rings. The molecule has 0 fully saturated rings. The van der Waals surface area contributed by atoms with Crippen molar-refractivity contribution in [2.24, 2.45) is 0 Å². The van der Waals surface area contributed by atoms with Crippen LogP contribution >= 0.6 is 23.1 Å². The molecule has 2 aromatic rings. The van der Waals surface area contributed by atoms with Gasteiger partial charge in [0.15, 0.2) is 0 Å². The molecule has 0 aliphatic carbocycles. The van der Waals surface area contributed by atoms with Gasteiger partial charge in [0.05, 0.1) is 24.1 Å². The van der Waals surface area contributed by atoms with Crippen molar-refractivity contribution in [2.45, 2.75) is 6.54 Å². The first kappa shape index (κ1) is 9.36. The molecule has 0 saturated carbocycles. The number of aromatic nitrogens is 3. The van der Waals surface area contributed by atoms with Crippen molar-refractivity contribution >= 4 is 28.8 Å². The summed E-state index contributed by atoms with van der Waals surface area (Å²) in [5, 5.41) is 9.46. The number of hydrogen-bond acceptors (Lipinski definition) is 5. The fraction of sp³-hybridized carbons (Fsp3) is 0.125. The van der Waals surface area contributed by atoms with Gasteiger partial charge in [0.2, 0.25) is 0 Å². The molecular weight excluding hydrogens is 220 g/mol. The van der Waals surface area contributed by atoms with E-state index in [4.69, 9.17) is 11.6 Å². The summed E-state index contributed by atoms with van der Waals surface area (Å²) >= 11 is 6.99. The quantitative estimate of drug-likeness (QED) is 0.816. The Morgan fingerprint density at radius 3 is 3.00 bits per heavy atom. The molecule has 6 heteroatoms. The van der Waals surface area contributed by atoms with Crippen molar-refractivity contribution in [1.29, 1.82) is 0 Å². The number of rotatable bonds is 3. The van der Waals surface area contributed by atoms with Gasteiger partial charge in [0, 0.05) is 5.38 Å². The van der Waals surface area contributed by atoms with Crippen molar-refractivity contribution in [3.8, 4) is 0 Å². The van der Waals surface area contributed by atoms with Crippen LogP contribution in [0.3, 0.4) is 0 Å². The number of pyridine rings is 1. The Balaban J connectivity index is 1.95. The van der Waals surface area contributed by atoms with Gasteiger partial charge in [-0.15, -0.1) is 5.10 Å². The molecule has 0 spiro atoms. The molecule has 14 heavy (non-hydrogen) atoms. The van der Waals surface area contributed by atoms with Gasteiger partial charge < -0.3 is 5.32 Å². The van der Waals surface area contributed by atoms with Crippen molar-refractivity contribution in [1.82, 2.24) is 14.6 Å². The second-order valence-corrected chi connectivity index (χ2v) is 3.62. The monoisotopic (exact) mass is 226 g/mol. The van der Waals surface area contributed by atoms with Gasteiger partial charge in [-0.1, -0.05) is 16.1 Å². The topological polar surface area (TPSA) is 50.7 Å². The van der Waals surface area contributed by atoms with Gasteiger partial charge in [0.25, 0.3) is 0 Å². The molecule has 0 unspecified atom stereocenters. The number of halogens is 1. The van der Waals surface area contributed by atoms with Crippen LogP contribution in [-0.2, 0) is 6.54 Å². The summed E-state index contributed by atoms with van der Waals surface area (Å²) in [5.41, 5.74) is 1.84. The molecule has 0 aliphatic heterocycles. The van der Waals surface area contributed by atoms with E-state index in [0.29, 0.717) is 11.7 Å². The van der Waals surface area contributed by atoms with Gasteiger partial charge in [0.1, 0.15) is 5.15 Å². The number of anilines is 1. The Hall–Kier alpha value is -1.20. The van der Waals surface area contributed by atoms with E-state index in [9.17, 15) is 0 Å². The molecule has 4 nitrogen and oxygen atoms in total. The summed E-state index contributed by atoms with van der Waals surface area (Å²) in [7, 11) is 0. The van der Waals surface area contributed by atoms with E-state index in [-0.39, 0.29) is 0 Å². The summed E-state index contributed by atoms with van der Waals surface area (Å²) in [4.78, 5) is 3.95. The molecule has 2 rings (SSSR count). The highest BCUT2D eigenvalue weighted by Crippen LogP contribution is 2.10. The second kappa shape index (κ2) is 4.34. The van der Waals surface area contributed by atoms with Crippen LogP contribution in [0, 0.1) is 0 Å². The van der Waals surface area contributed by atoms with Crippen molar-refractivity contribution in [3.05, 3.63) is 34.6 Å². The first-order valence-electron chi connectivity index (χ1n) is 3.96. The van der Waals surface area contributed by atoms with E-state index in [0.717, 1.165) is 11.4 Å². The van der Waals surface area contributed by atoms with Crippen LogP contribution in [0.4, 0.5) is 5.69 Å². The van der Waals surface area contributed by atoms with E-state index in [2.05, 4.69) is 19.9 Å². The average Bonchev–Trinajstić information content (AvgIpc) is 2.70. The van der Waals surface area contributed by atoms with Crippen molar-refractivity contribution < 1.29 is 0 Å². The standard InChI is InChI=1S/C8H7ClN4S/c9-8-2-1-6(3-11-8)10-4-7-5-14-13-12-7/h1-3,5,10H,4H2. The molecule has 72 valence electrons. The Morgan fingerprint density at radius 1 is 1.43 bits per heavy atom. The highest BCUT2D eigenvalue weighted by molar-refractivity contribution is 7.03. The van der Waals surface area contributed by atoms with Gasteiger partial charge in [-0.3, -0.25) is 0 Å². The molecule has 2 heterocycles. The summed E-state index contributed by atoms with van der Waals surface area (Å²) in [6.07, 6.45) is 1.68. The zero-order valence-corrected chi connectivity index (χ0v) is 8.72. The van der Waals surface area contributed by atoms with E-state index < -0.39 is 0 Å². The van der Waals surface area contributed by atoms with Gasteiger partial charge in [-0.2, -0.15) is 0 Å². The lowest BCUT2D eigenvalue weighted by Crippen LogP contribution is -1.99. The van der Waals surface area contributed by atoms with Crippen LogP contribution in [0.1, 0.15) is 5.69 Å². The van der Waals surface area contributed by atoms with E-state index in [1.165, 1.54) is 11.5 Å². The predicted octanol–water partition coefficient (Wildman–Crippen LogP) is 2.20. The minimum Gasteiger partial charge on any atom is -0.378 e. The Kier molecular flexibility index (Phi) is 2.90. The molecule has 0 aromatic carbocycles. The van der Waals surface area contributed by atoms with Crippen LogP contribution in [0.25, 0.3) is 0 Å². The first-order chi connectivity index (χ1) is 6.84. The zero-order valence-electron chi connectivity index (χ0n) is 7.14. The van der Waals surface area contributed by atoms with Crippen LogP contribution in [0.15, 0.2) is 23.7 Å². The maximum Gasteiger partial charge on any atom is 0.129 e. The lowest BCUT2D eigenvalue weighted by molar-refractivity contribution is 0.997. The fourth-order valence-electron chi connectivity index (χ4n) is 0.934. The Bertz CT molecular complexity index is 386. The Labute approximate surface area is 90.1 Å². The second-order valence-electron chi connectivity index (χ2n) is 2.62. The lowest BCUT2D eigenvalue weighted by Gasteiger charge is -2.02. The van der Waals surface area contributed by atoms with Gasteiger partial charge in [-0.25, -0.2) is 4.98 Å². The third-order valence-electron chi connectivity index (χ3n) is 1.61. The third kappa shape index (κ3) is 2.40. The van der Waals surface area contributed by atoms with Crippen LogP contribution in [-0.4, -0.2) is 14.6 Å². The highest BCUT2D eigenvalue weighted by atomic mass is 35.5. The smallest absolute Gasteiger partial charge is 0.129 e. The first-order valence-corrected chi connectivity index (χ1v) is 5.17. The lowest BCUT2D eigenvalue weighted by atomic mass is 10.4. The molecule has 0 atom stereocenters. The summed E-state index contributed by atoms with van der Waals surface area (Å²) < 4.78 is 3.76. The van der Waals surface area contributed by atoms with E-state index >= 15 is 0 Å². The van der Waals surface area contributed by atoms with Crippen LogP contribution < -0.4 is 5.32 Å². The number of nitrogens with zero attached hydrogens (tertiary/aromatic N) is 3. The van der Waals surface area contributed by atoms with Gasteiger partial charge >= 0.3 is 0 Å². The molecule has 0 radical (unpaired) electrons. The van der Waals surface area contributed by atoms with Crippen molar-refractivity contribution in [2.75, 3.05) is 5.32 Å². The van der Waals surface area contributed by atoms with E-state index in [1.54, 1.807) is 12.3 Å². The number of hydrogen-bond donors (Lipinski definition) is 1. The van der Waals surface area contributed by atoms with Crippen LogP contribution in [0.5, 0.6) is 0 Å². The average molecular weight is 227 g/mol. The number of nitrogens with one attached hydrogen (secondary N) is 1.